The van der Waals surface area contributed by atoms with Gasteiger partial charge < -0.3 is 14.8 Å². The number of benzene rings is 1. The zero-order valence-corrected chi connectivity index (χ0v) is 11.6. The van der Waals surface area contributed by atoms with Crippen molar-refractivity contribution in [1.82, 2.24) is 5.32 Å². The Morgan fingerprint density at radius 2 is 2.22 bits per heavy atom. The number of hydrogen-bond acceptors (Lipinski definition) is 3. The van der Waals surface area contributed by atoms with Gasteiger partial charge in [0.25, 0.3) is 0 Å². The van der Waals surface area contributed by atoms with Gasteiger partial charge in [-0.25, -0.2) is 4.39 Å². The zero-order chi connectivity index (χ0) is 12.5. The van der Waals surface area contributed by atoms with E-state index < -0.39 is 0 Å². The Balaban J connectivity index is 1.91. The van der Waals surface area contributed by atoms with Crippen LogP contribution in [0.15, 0.2) is 10.5 Å². The van der Waals surface area contributed by atoms with E-state index in [9.17, 15) is 4.39 Å². The maximum Gasteiger partial charge on any atom is 0.178 e. The van der Waals surface area contributed by atoms with E-state index in [0.717, 1.165) is 19.4 Å². The van der Waals surface area contributed by atoms with Gasteiger partial charge in [0, 0.05) is 6.04 Å². The topological polar surface area (TPSA) is 30.5 Å². The summed E-state index contributed by atoms with van der Waals surface area (Å²) in [7, 11) is 0. The lowest BCUT2D eigenvalue weighted by Crippen LogP contribution is -2.24. The predicted molar refractivity (Wildman–Crippen MR) is 69.8 cm³/mol. The summed E-state index contributed by atoms with van der Waals surface area (Å²) in [5.41, 5.74) is 0.686. The summed E-state index contributed by atoms with van der Waals surface area (Å²) in [6, 6.07) is 2.14. The Hall–Kier alpha value is -0.810. The van der Waals surface area contributed by atoms with Crippen molar-refractivity contribution in [3.63, 3.8) is 0 Å². The van der Waals surface area contributed by atoms with Crippen molar-refractivity contribution < 1.29 is 13.9 Å². The summed E-state index contributed by atoms with van der Waals surface area (Å²) >= 11 is 3.27. The van der Waals surface area contributed by atoms with Gasteiger partial charge in [0.05, 0.1) is 4.47 Å². The van der Waals surface area contributed by atoms with Crippen molar-refractivity contribution in [2.75, 3.05) is 19.8 Å². The summed E-state index contributed by atoms with van der Waals surface area (Å²) in [5.74, 6) is 0.900. The molecular formula is C13H15BrFNO2. The Kier molecular flexibility index (Phi) is 3.43. The van der Waals surface area contributed by atoms with Crippen LogP contribution in [0.1, 0.15) is 18.4 Å². The largest absolute Gasteiger partial charge is 0.486 e. The normalized spacial score (nSPS) is 22.2. The lowest BCUT2D eigenvalue weighted by molar-refractivity contribution is 0.169. The molecule has 1 saturated heterocycles. The minimum atomic E-state index is -0.229. The first-order valence-corrected chi connectivity index (χ1v) is 7.05. The minimum absolute atomic E-state index is 0.229. The summed E-state index contributed by atoms with van der Waals surface area (Å²) in [4.78, 5) is 0. The third-order valence-electron chi connectivity index (χ3n) is 3.42. The highest BCUT2D eigenvalue weighted by atomic mass is 79.9. The Morgan fingerprint density at radius 3 is 3.00 bits per heavy atom. The predicted octanol–water partition coefficient (Wildman–Crippen LogP) is 2.65. The van der Waals surface area contributed by atoms with Crippen LogP contribution in [0.25, 0.3) is 0 Å². The summed E-state index contributed by atoms with van der Waals surface area (Å²) in [6.45, 7) is 2.01. The summed E-state index contributed by atoms with van der Waals surface area (Å²) < 4.78 is 25.6. The van der Waals surface area contributed by atoms with Gasteiger partial charge in [-0.2, -0.15) is 0 Å². The van der Waals surface area contributed by atoms with E-state index in [1.165, 1.54) is 0 Å². The average Bonchev–Trinajstić information content (AvgIpc) is 2.89. The number of hydrogen-bond donors (Lipinski definition) is 1. The second-order valence-corrected chi connectivity index (χ2v) is 5.48. The van der Waals surface area contributed by atoms with Crippen LogP contribution in [0.5, 0.6) is 11.5 Å². The van der Waals surface area contributed by atoms with Crippen LogP contribution in [0, 0.1) is 5.82 Å². The molecule has 5 heteroatoms. The molecule has 3 nitrogen and oxygen atoms in total. The number of ether oxygens (including phenoxy) is 2. The molecule has 0 radical (unpaired) electrons. The van der Waals surface area contributed by atoms with E-state index in [0.29, 0.717) is 47.2 Å². The third-order valence-corrected chi connectivity index (χ3v) is 4.13. The Labute approximate surface area is 114 Å². The van der Waals surface area contributed by atoms with Gasteiger partial charge in [0.1, 0.15) is 19.0 Å². The molecule has 2 aliphatic rings. The molecule has 3 rings (SSSR count). The van der Waals surface area contributed by atoms with E-state index in [1.54, 1.807) is 6.07 Å². The highest BCUT2D eigenvalue weighted by Crippen LogP contribution is 2.41. The van der Waals surface area contributed by atoms with Gasteiger partial charge in [-0.15, -0.1) is 0 Å². The molecule has 1 atom stereocenters. The Morgan fingerprint density at radius 1 is 1.39 bits per heavy atom. The van der Waals surface area contributed by atoms with Crippen molar-refractivity contribution in [3.8, 4) is 11.5 Å². The van der Waals surface area contributed by atoms with Gasteiger partial charge in [0.2, 0.25) is 0 Å². The molecule has 0 aliphatic carbocycles. The third kappa shape index (κ3) is 2.21. The lowest BCUT2D eigenvalue weighted by atomic mass is 10.0. The highest BCUT2D eigenvalue weighted by Gasteiger charge is 2.24. The number of nitrogens with one attached hydrogen (secondary N) is 1. The molecule has 0 spiro atoms. The maximum atomic E-state index is 14.2. The fourth-order valence-corrected chi connectivity index (χ4v) is 3.08. The molecule has 1 unspecified atom stereocenters. The molecule has 0 aromatic heterocycles. The van der Waals surface area contributed by atoms with Crippen LogP contribution in [0.2, 0.25) is 0 Å². The molecule has 1 aromatic carbocycles. The number of rotatable bonds is 2. The highest BCUT2D eigenvalue weighted by molar-refractivity contribution is 9.10. The van der Waals surface area contributed by atoms with Crippen LogP contribution >= 0.6 is 15.9 Å². The van der Waals surface area contributed by atoms with Gasteiger partial charge >= 0.3 is 0 Å². The molecule has 1 fully saturated rings. The van der Waals surface area contributed by atoms with Crippen molar-refractivity contribution in [1.29, 1.82) is 0 Å². The van der Waals surface area contributed by atoms with Crippen LogP contribution in [0.4, 0.5) is 4.39 Å². The van der Waals surface area contributed by atoms with Gasteiger partial charge in [-0.3, -0.25) is 0 Å². The molecule has 0 amide bonds. The van der Waals surface area contributed by atoms with Crippen molar-refractivity contribution in [2.45, 2.75) is 25.3 Å². The summed E-state index contributed by atoms with van der Waals surface area (Å²) in [5, 5.41) is 3.38. The monoisotopic (exact) mass is 315 g/mol. The molecule has 18 heavy (non-hydrogen) atoms. The maximum absolute atomic E-state index is 14.2. The van der Waals surface area contributed by atoms with E-state index >= 15 is 0 Å². The van der Waals surface area contributed by atoms with Gasteiger partial charge in [-0.05, 0) is 53.4 Å². The second-order valence-electron chi connectivity index (χ2n) is 4.69. The smallest absolute Gasteiger partial charge is 0.178 e. The first-order chi connectivity index (χ1) is 8.75. The molecule has 2 aliphatic heterocycles. The van der Waals surface area contributed by atoms with E-state index in [1.807, 2.05) is 0 Å². The molecule has 1 N–H and O–H groups in total. The molecule has 1 aromatic rings. The van der Waals surface area contributed by atoms with E-state index in [2.05, 4.69) is 21.2 Å². The zero-order valence-electron chi connectivity index (χ0n) is 9.97. The number of fused-ring (bicyclic) bond motifs is 1. The molecule has 0 bridgehead atoms. The first kappa shape index (κ1) is 12.2. The van der Waals surface area contributed by atoms with Crippen molar-refractivity contribution >= 4 is 15.9 Å². The summed E-state index contributed by atoms with van der Waals surface area (Å²) in [6.07, 6.45) is 2.96. The van der Waals surface area contributed by atoms with Gasteiger partial charge in [-0.1, -0.05) is 0 Å². The van der Waals surface area contributed by atoms with Crippen molar-refractivity contribution in [2.24, 2.45) is 0 Å². The molecule has 0 saturated carbocycles. The van der Waals surface area contributed by atoms with E-state index in [-0.39, 0.29) is 5.82 Å². The molecular weight excluding hydrogens is 301 g/mol. The first-order valence-electron chi connectivity index (χ1n) is 6.25. The minimum Gasteiger partial charge on any atom is -0.486 e. The SMILES string of the molecule is Fc1c(CC2CCCN2)cc2c(c1Br)OCCO2. The van der Waals surface area contributed by atoms with Crippen LogP contribution in [-0.2, 0) is 6.42 Å². The standard InChI is InChI=1S/C13H15BrFNO2/c14-11-12(15)8(6-9-2-1-3-16-9)7-10-13(11)18-5-4-17-10/h7,9,16H,1-6H2. The molecule has 98 valence electrons. The number of halogens is 2. The quantitative estimate of drug-likeness (QED) is 0.910. The second kappa shape index (κ2) is 5.05. The van der Waals surface area contributed by atoms with Crippen LogP contribution in [-0.4, -0.2) is 25.8 Å². The van der Waals surface area contributed by atoms with Crippen LogP contribution < -0.4 is 14.8 Å². The van der Waals surface area contributed by atoms with Crippen molar-refractivity contribution in [3.05, 3.63) is 21.9 Å². The van der Waals surface area contributed by atoms with E-state index in [4.69, 9.17) is 9.47 Å². The fourth-order valence-electron chi connectivity index (χ4n) is 2.52. The van der Waals surface area contributed by atoms with Gasteiger partial charge in [0.15, 0.2) is 11.5 Å². The Bertz CT molecular complexity index is 461. The average molecular weight is 316 g/mol. The van der Waals surface area contributed by atoms with Crippen LogP contribution in [0.3, 0.4) is 0 Å². The lowest BCUT2D eigenvalue weighted by Gasteiger charge is -2.22. The molecule has 2 heterocycles. The fraction of sp³-hybridized carbons (Fsp3) is 0.538.